The smallest absolute Gasteiger partial charge is 0.191 e. The van der Waals surface area contributed by atoms with Gasteiger partial charge in [0.15, 0.2) is 15.8 Å². The number of hydrogen-bond donors (Lipinski definition) is 2. The summed E-state index contributed by atoms with van der Waals surface area (Å²) in [5.41, 5.74) is 3.03. The van der Waals surface area contributed by atoms with E-state index in [1.54, 1.807) is 0 Å². The monoisotopic (exact) mass is 535 g/mol. The Balaban J connectivity index is 0.00000392. The summed E-state index contributed by atoms with van der Waals surface area (Å²) >= 11 is 5.90. The number of guanidine groups is 1. The maximum atomic E-state index is 11.3. The van der Waals surface area contributed by atoms with Crippen molar-refractivity contribution in [3.8, 4) is 0 Å². The number of aliphatic imine (C=N–C) groups is 1. The van der Waals surface area contributed by atoms with Crippen LogP contribution >= 0.6 is 35.6 Å². The molecule has 154 valence electrons. The lowest BCUT2D eigenvalue weighted by Gasteiger charge is -2.11. The highest BCUT2D eigenvalue weighted by Gasteiger charge is 2.04. The van der Waals surface area contributed by atoms with E-state index in [1.165, 1.54) is 11.8 Å². The van der Waals surface area contributed by atoms with Crippen molar-refractivity contribution < 1.29 is 8.42 Å². The third kappa shape index (κ3) is 9.75. The van der Waals surface area contributed by atoms with Crippen LogP contribution in [0.15, 0.2) is 53.5 Å². The van der Waals surface area contributed by atoms with Crippen molar-refractivity contribution in [2.24, 2.45) is 4.99 Å². The Hall–Kier alpha value is -1.32. The topological polar surface area (TPSA) is 70.6 Å². The van der Waals surface area contributed by atoms with Crippen LogP contribution in [0.25, 0.3) is 0 Å². The highest BCUT2D eigenvalue weighted by molar-refractivity contribution is 14.0. The summed E-state index contributed by atoms with van der Waals surface area (Å²) in [6.45, 7) is 4.09. The third-order valence-electron chi connectivity index (χ3n) is 3.84. The van der Waals surface area contributed by atoms with Gasteiger partial charge in [0, 0.05) is 24.4 Å². The Morgan fingerprint density at radius 1 is 0.964 bits per heavy atom. The van der Waals surface area contributed by atoms with Crippen LogP contribution in [0.1, 0.15) is 23.6 Å². The van der Waals surface area contributed by atoms with Gasteiger partial charge in [-0.1, -0.05) is 48.0 Å². The largest absolute Gasteiger partial charge is 0.357 e. The molecular formula is C20H27ClIN3O2S. The molecule has 0 aromatic heterocycles. The molecule has 2 rings (SSSR count). The quantitative estimate of drug-likeness (QED) is 0.306. The Bertz CT molecular complexity index is 854. The van der Waals surface area contributed by atoms with E-state index in [0.717, 1.165) is 41.6 Å². The molecule has 0 atom stereocenters. The zero-order valence-corrected chi connectivity index (χ0v) is 20.0. The van der Waals surface area contributed by atoms with Crippen LogP contribution in [-0.2, 0) is 28.6 Å². The fourth-order valence-electron chi connectivity index (χ4n) is 2.53. The zero-order valence-electron chi connectivity index (χ0n) is 16.1. The molecule has 0 aliphatic rings. The molecule has 0 fully saturated rings. The van der Waals surface area contributed by atoms with Crippen LogP contribution in [0.2, 0.25) is 5.02 Å². The van der Waals surface area contributed by atoms with Crippen molar-refractivity contribution >= 4 is 51.4 Å². The summed E-state index contributed by atoms with van der Waals surface area (Å²) in [7, 11) is -3.01. The number of nitrogens with zero attached hydrogens (tertiary/aromatic N) is 1. The van der Waals surface area contributed by atoms with Crippen LogP contribution in [0.5, 0.6) is 0 Å². The summed E-state index contributed by atoms with van der Waals surface area (Å²) in [4.78, 5) is 4.59. The van der Waals surface area contributed by atoms with E-state index in [0.29, 0.717) is 6.54 Å². The van der Waals surface area contributed by atoms with Gasteiger partial charge >= 0.3 is 0 Å². The van der Waals surface area contributed by atoms with Crippen molar-refractivity contribution in [3.05, 3.63) is 70.2 Å². The Kier molecular flexibility index (Phi) is 10.8. The molecule has 0 saturated heterocycles. The minimum absolute atomic E-state index is 0. The summed E-state index contributed by atoms with van der Waals surface area (Å²) < 4.78 is 22.7. The molecule has 28 heavy (non-hydrogen) atoms. The SMILES string of the molecule is CCNC(=NCc1ccc(CS(C)(=O)=O)cc1)NCCc1ccc(Cl)cc1.I. The van der Waals surface area contributed by atoms with E-state index in [4.69, 9.17) is 11.6 Å². The Labute approximate surface area is 189 Å². The molecule has 2 aromatic carbocycles. The second-order valence-electron chi connectivity index (χ2n) is 6.38. The number of rotatable bonds is 8. The maximum absolute atomic E-state index is 11.3. The van der Waals surface area contributed by atoms with Gasteiger partial charge in [-0.05, 0) is 42.2 Å². The van der Waals surface area contributed by atoms with Gasteiger partial charge in [-0.15, -0.1) is 24.0 Å². The number of hydrogen-bond acceptors (Lipinski definition) is 3. The van der Waals surface area contributed by atoms with Crippen molar-refractivity contribution in [1.82, 2.24) is 10.6 Å². The highest BCUT2D eigenvalue weighted by atomic mass is 127. The van der Waals surface area contributed by atoms with Gasteiger partial charge < -0.3 is 10.6 Å². The normalized spacial score (nSPS) is 11.6. The molecule has 2 N–H and O–H groups in total. The van der Waals surface area contributed by atoms with Crippen molar-refractivity contribution in [2.45, 2.75) is 25.6 Å². The first-order valence-corrected chi connectivity index (χ1v) is 11.3. The molecule has 2 aromatic rings. The molecule has 0 bridgehead atoms. The highest BCUT2D eigenvalue weighted by Crippen LogP contribution is 2.10. The lowest BCUT2D eigenvalue weighted by Crippen LogP contribution is -2.38. The molecule has 0 unspecified atom stereocenters. The predicted molar refractivity (Wildman–Crippen MR) is 128 cm³/mol. The van der Waals surface area contributed by atoms with E-state index in [1.807, 2.05) is 55.5 Å². The van der Waals surface area contributed by atoms with E-state index < -0.39 is 9.84 Å². The second-order valence-corrected chi connectivity index (χ2v) is 8.96. The van der Waals surface area contributed by atoms with Gasteiger partial charge in [0.2, 0.25) is 0 Å². The number of benzene rings is 2. The van der Waals surface area contributed by atoms with Crippen LogP contribution in [0.3, 0.4) is 0 Å². The molecule has 0 amide bonds. The summed E-state index contributed by atoms with van der Waals surface area (Å²) in [6, 6.07) is 15.3. The molecule has 0 spiro atoms. The molecular weight excluding hydrogens is 509 g/mol. The molecule has 5 nitrogen and oxygen atoms in total. The summed E-state index contributed by atoms with van der Waals surface area (Å²) in [5.74, 6) is 0.817. The van der Waals surface area contributed by atoms with E-state index in [2.05, 4.69) is 15.6 Å². The van der Waals surface area contributed by atoms with Gasteiger partial charge in [0.05, 0.1) is 12.3 Å². The van der Waals surface area contributed by atoms with Gasteiger partial charge in [-0.25, -0.2) is 13.4 Å². The first-order valence-electron chi connectivity index (χ1n) is 8.88. The zero-order chi connectivity index (χ0) is 19.7. The van der Waals surface area contributed by atoms with Crippen LogP contribution in [0, 0.1) is 0 Å². The van der Waals surface area contributed by atoms with Crippen LogP contribution < -0.4 is 10.6 Å². The molecule has 0 radical (unpaired) electrons. The summed E-state index contributed by atoms with van der Waals surface area (Å²) in [6.07, 6.45) is 2.12. The van der Waals surface area contributed by atoms with Crippen LogP contribution in [0.4, 0.5) is 0 Å². The van der Waals surface area contributed by atoms with Gasteiger partial charge in [0.25, 0.3) is 0 Å². The molecule has 0 heterocycles. The minimum Gasteiger partial charge on any atom is -0.357 e. The van der Waals surface area contributed by atoms with Crippen molar-refractivity contribution in [3.63, 3.8) is 0 Å². The lowest BCUT2D eigenvalue weighted by molar-refractivity contribution is 0.601. The van der Waals surface area contributed by atoms with E-state index >= 15 is 0 Å². The Morgan fingerprint density at radius 2 is 1.54 bits per heavy atom. The first kappa shape index (κ1) is 24.7. The van der Waals surface area contributed by atoms with Crippen molar-refractivity contribution in [1.29, 1.82) is 0 Å². The number of nitrogens with one attached hydrogen (secondary N) is 2. The van der Waals surface area contributed by atoms with Gasteiger partial charge in [-0.3, -0.25) is 0 Å². The fourth-order valence-corrected chi connectivity index (χ4v) is 3.46. The molecule has 0 saturated carbocycles. The Morgan fingerprint density at radius 3 is 2.11 bits per heavy atom. The molecule has 0 aliphatic carbocycles. The average molecular weight is 536 g/mol. The molecule has 0 aliphatic heterocycles. The fraction of sp³-hybridized carbons (Fsp3) is 0.350. The minimum atomic E-state index is -3.01. The van der Waals surface area contributed by atoms with Crippen molar-refractivity contribution in [2.75, 3.05) is 19.3 Å². The molecule has 8 heteroatoms. The van der Waals surface area contributed by atoms with E-state index in [9.17, 15) is 8.42 Å². The standard InChI is InChI=1S/C20H26ClN3O2S.HI/c1-3-22-20(23-13-12-16-8-10-19(21)11-9-16)24-14-17-4-6-18(7-5-17)15-27(2,25)26;/h4-11H,3,12-15H2,1-2H3,(H2,22,23,24);1H. The van der Waals surface area contributed by atoms with Gasteiger partial charge in [-0.2, -0.15) is 0 Å². The predicted octanol–water partition coefficient (Wildman–Crippen LogP) is 3.80. The van der Waals surface area contributed by atoms with Gasteiger partial charge in [0.1, 0.15) is 0 Å². The number of sulfone groups is 1. The van der Waals surface area contributed by atoms with Crippen LogP contribution in [-0.4, -0.2) is 33.7 Å². The summed E-state index contributed by atoms with van der Waals surface area (Å²) in [5, 5.41) is 7.29. The average Bonchev–Trinajstić information content (AvgIpc) is 2.61. The first-order chi connectivity index (χ1) is 12.9. The number of halogens is 2. The third-order valence-corrected chi connectivity index (χ3v) is 4.94. The van der Waals surface area contributed by atoms with E-state index in [-0.39, 0.29) is 29.7 Å². The maximum Gasteiger partial charge on any atom is 0.191 e. The lowest BCUT2D eigenvalue weighted by atomic mass is 10.1. The second kappa shape index (κ2) is 12.3.